The summed E-state index contributed by atoms with van der Waals surface area (Å²) in [5.74, 6) is 0.651. The largest absolute Gasteiger partial charge is 0.466 e. The molecular weight excluding hydrogens is 366 g/mol. The highest BCUT2D eigenvalue weighted by atomic mass is 32.2. The van der Waals surface area contributed by atoms with Crippen LogP contribution in [0.25, 0.3) is 0 Å². The standard InChI is InChI=1S/C19H27N3O4S/c1-4-26-18(25)13-5-7-21(8-6-13)16(23)9-14-11-27-19-20-15(12(2)3)10-17(24)22(14)19/h10,12-14H,4-9,11H2,1-3H3. The fourth-order valence-corrected chi connectivity index (χ4v) is 4.73. The van der Waals surface area contributed by atoms with Gasteiger partial charge in [0.15, 0.2) is 5.16 Å². The quantitative estimate of drug-likeness (QED) is 0.563. The van der Waals surface area contributed by atoms with Crippen LogP contribution in [0.3, 0.4) is 0 Å². The van der Waals surface area contributed by atoms with Crippen LogP contribution < -0.4 is 5.56 Å². The van der Waals surface area contributed by atoms with Crippen LogP contribution in [0.5, 0.6) is 0 Å². The Hall–Kier alpha value is -1.83. The van der Waals surface area contributed by atoms with Gasteiger partial charge in [-0.05, 0) is 25.7 Å². The van der Waals surface area contributed by atoms with Gasteiger partial charge in [0.25, 0.3) is 5.56 Å². The molecule has 27 heavy (non-hydrogen) atoms. The van der Waals surface area contributed by atoms with Crippen molar-refractivity contribution in [1.82, 2.24) is 14.5 Å². The summed E-state index contributed by atoms with van der Waals surface area (Å²) in [5, 5.41) is 0.713. The van der Waals surface area contributed by atoms with Gasteiger partial charge >= 0.3 is 5.97 Å². The van der Waals surface area contributed by atoms with Crippen molar-refractivity contribution in [1.29, 1.82) is 0 Å². The van der Waals surface area contributed by atoms with E-state index in [4.69, 9.17) is 4.74 Å². The van der Waals surface area contributed by atoms with Crippen molar-refractivity contribution in [3.63, 3.8) is 0 Å². The van der Waals surface area contributed by atoms with Crippen molar-refractivity contribution < 1.29 is 14.3 Å². The molecule has 0 saturated carbocycles. The van der Waals surface area contributed by atoms with Gasteiger partial charge in [-0.1, -0.05) is 25.6 Å². The Morgan fingerprint density at radius 2 is 2.04 bits per heavy atom. The molecule has 3 rings (SSSR count). The van der Waals surface area contributed by atoms with E-state index >= 15 is 0 Å². The van der Waals surface area contributed by atoms with Gasteiger partial charge in [-0.2, -0.15) is 0 Å². The number of piperidine rings is 1. The molecule has 0 bridgehead atoms. The molecule has 2 aliphatic rings. The topological polar surface area (TPSA) is 81.5 Å². The maximum Gasteiger partial charge on any atom is 0.309 e. The van der Waals surface area contributed by atoms with Gasteiger partial charge in [0.1, 0.15) is 0 Å². The van der Waals surface area contributed by atoms with Crippen molar-refractivity contribution >= 4 is 23.6 Å². The summed E-state index contributed by atoms with van der Waals surface area (Å²) in [5.41, 5.74) is 0.722. The van der Waals surface area contributed by atoms with Gasteiger partial charge in [0.05, 0.1) is 24.3 Å². The summed E-state index contributed by atoms with van der Waals surface area (Å²) in [6, 6.07) is 1.43. The number of ether oxygens (including phenoxy) is 1. The zero-order valence-corrected chi connectivity index (χ0v) is 17.0. The van der Waals surface area contributed by atoms with Crippen LogP contribution in [0.4, 0.5) is 0 Å². The van der Waals surface area contributed by atoms with E-state index in [1.165, 1.54) is 0 Å². The van der Waals surface area contributed by atoms with Crippen LogP contribution in [-0.4, -0.2) is 51.8 Å². The van der Waals surface area contributed by atoms with Crippen LogP contribution >= 0.6 is 11.8 Å². The van der Waals surface area contributed by atoms with E-state index in [0.717, 1.165) is 5.69 Å². The molecule has 7 nitrogen and oxygen atoms in total. The third-order valence-electron chi connectivity index (χ3n) is 5.18. The average Bonchev–Trinajstić information content (AvgIpc) is 3.05. The Bertz CT molecular complexity index is 769. The third-order valence-corrected chi connectivity index (χ3v) is 6.28. The zero-order valence-electron chi connectivity index (χ0n) is 16.1. The Balaban J connectivity index is 1.61. The molecule has 148 valence electrons. The third kappa shape index (κ3) is 4.36. The molecule has 0 aliphatic carbocycles. The minimum atomic E-state index is -0.163. The predicted molar refractivity (Wildman–Crippen MR) is 103 cm³/mol. The lowest BCUT2D eigenvalue weighted by Crippen LogP contribution is -2.41. The highest BCUT2D eigenvalue weighted by Gasteiger charge is 2.32. The van der Waals surface area contributed by atoms with E-state index in [0.29, 0.717) is 49.9 Å². The van der Waals surface area contributed by atoms with Gasteiger partial charge in [-0.3, -0.25) is 19.0 Å². The number of rotatable bonds is 5. The summed E-state index contributed by atoms with van der Waals surface area (Å²) in [6.45, 7) is 7.34. The fraction of sp³-hybridized carbons (Fsp3) is 0.684. The molecule has 1 aromatic heterocycles. The number of carbonyl (C=O) groups is 2. The van der Waals surface area contributed by atoms with Crippen LogP contribution in [0.2, 0.25) is 0 Å². The second-order valence-electron chi connectivity index (χ2n) is 7.40. The van der Waals surface area contributed by atoms with Crippen molar-refractivity contribution in [2.24, 2.45) is 5.92 Å². The van der Waals surface area contributed by atoms with Crippen molar-refractivity contribution in [2.75, 3.05) is 25.4 Å². The molecule has 0 aromatic carbocycles. The number of aromatic nitrogens is 2. The molecule has 3 heterocycles. The van der Waals surface area contributed by atoms with Gasteiger partial charge in [-0.25, -0.2) is 4.98 Å². The lowest BCUT2D eigenvalue weighted by Gasteiger charge is -2.31. The van der Waals surface area contributed by atoms with Crippen molar-refractivity contribution in [2.45, 2.75) is 57.1 Å². The van der Waals surface area contributed by atoms with Crippen LogP contribution in [0.15, 0.2) is 16.0 Å². The molecule has 1 amide bonds. The average molecular weight is 394 g/mol. The van der Waals surface area contributed by atoms with E-state index in [9.17, 15) is 14.4 Å². The van der Waals surface area contributed by atoms with E-state index in [1.54, 1.807) is 34.2 Å². The number of amides is 1. The first-order valence-electron chi connectivity index (χ1n) is 9.61. The monoisotopic (exact) mass is 393 g/mol. The summed E-state index contributed by atoms with van der Waals surface area (Å²) in [6.07, 6.45) is 1.58. The minimum Gasteiger partial charge on any atom is -0.466 e. The first kappa shape index (κ1) is 19.9. The highest BCUT2D eigenvalue weighted by Crippen LogP contribution is 2.33. The SMILES string of the molecule is CCOC(=O)C1CCN(C(=O)CC2CSc3nc(C(C)C)cc(=O)n32)CC1. The lowest BCUT2D eigenvalue weighted by atomic mass is 9.96. The van der Waals surface area contributed by atoms with E-state index in [2.05, 4.69) is 4.98 Å². The normalized spacial score (nSPS) is 20.0. The number of hydrogen-bond donors (Lipinski definition) is 0. The maximum absolute atomic E-state index is 12.7. The summed E-state index contributed by atoms with van der Waals surface area (Å²) in [4.78, 5) is 43.4. The van der Waals surface area contributed by atoms with Crippen molar-refractivity contribution in [3.8, 4) is 0 Å². The molecule has 0 spiro atoms. The van der Waals surface area contributed by atoms with E-state index < -0.39 is 0 Å². The molecule has 0 N–H and O–H groups in total. The first-order chi connectivity index (χ1) is 12.9. The smallest absolute Gasteiger partial charge is 0.309 e. The first-order valence-corrected chi connectivity index (χ1v) is 10.6. The molecule has 1 saturated heterocycles. The Labute approximate surface area is 163 Å². The maximum atomic E-state index is 12.7. The molecule has 1 unspecified atom stereocenters. The van der Waals surface area contributed by atoms with Crippen LogP contribution in [0.1, 0.15) is 57.7 Å². The predicted octanol–water partition coefficient (Wildman–Crippen LogP) is 2.21. The second-order valence-corrected chi connectivity index (χ2v) is 8.39. The number of nitrogens with zero attached hydrogens (tertiary/aromatic N) is 3. The fourth-order valence-electron chi connectivity index (χ4n) is 3.57. The van der Waals surface area contributed by atoms with Crippen molar-refractivity contribution in [3.05, 3.63) is 22.1 Å². The Morgan fingerprint density at radius 1 is 1.33 bits per heavy atom. The van der Waals surface area contributed by atoms with Gasteiger partial charge < -0.3 is 9.64 Å². The zero-order chi connectivity index (χ0) is 19.6. The highest BCUT2D eigenvalue weighted by molar-refractivity contribution is 7.99. The molecule has 8 heteroatoms. The number of fused-ring (bicyclic) bond motifs is 1. The second kappa shape index (κ2) is 8.46. The molecule has 0 radical (unpaired) electrons. The molecular formula is C19H27N3O4S. The van der Waals surface area contributed by atoms with Gasteiger partial charge in [0, 0.05) is 31.3 Å². The number of hydrogen-bond acceptors (Lipinski definition) is 6. The molecule has 1 atom stereocenters. The molecule has 1 aromatic rings. The summed E-state index contributed by atoms with van der Waals surface area (Å²) < 4.78 is 6.74. The Kier molecular flexibility index (Phi) is 6.24. The number of likely N-dealkylation sites (tertiary alicyclic amines) is 1. The number of thioether (sulfide) groups is 1. The van der Waals surface area contributed by atoms with Gasteiger partial charge in [0.2, 0.25) is 5.91 Å². The summed E-state index contributed by atoms with van der Waals surface area (Å²) >= 11 is 1.54. The number of esters is 1. The minimum absolute atomic E-state index is 0.0376. The number of carbonyl (C=O) groups excluding carboxylic acids is 2. The molecule has 2 aliphatic heterocycles. The Morgan fingerprint density at radius 3 is 2.67 bits per heavy atom. The molecule has 1 fully saturated rings. The lowest BCUT2D eigenvalue weighted by molar-refractivity contribution is -0.151. The van der Waals surface area contributed by atoms with Crippen LogP contribution in [0, 0.1) is 5.92 Å². The van der Waals surface area contributed by atoms with Crippen LogP contribution in [-0.2, 0) is 14.3 Å². The van der Waals surface area contributed by atoms with E-state index in [1.807, 2.05) is 13.8 Å². The van der Waals surface area contributed by atoms with E-state index in [-0.39, 0.29) is 35.3 Å². The summed E-state index contributed by atoms with van der Waals surface area (Å²) in [7, 11) is 0. The van der Waals surface area contributed by atoms with Gasteiger partial charge in [-0.15, -0.1) is 0 Å².